The van der Waals surface area contributed by atoms with E-state index in [0.29, 0.717) is 22.4 Å². The molecule has 0 saturated heterocycles. The first-order valence-corrected chi connectivity index (χ1v) is 7.07. The number of halogens is 2. The lowest BCUT2D eigenvalue weighted by Crippen LogP contribution is -2.04. The Morgan fingerprint density at radius 3 is 2.65 bits per heavy atom. The van der Waals surface area contributed by atoms with E-state index in [4.69, 9.17) is 27.9 Å². The summed E-state index contributed by atoms with van der Waals surface area (Å²) in [6.45, 7) is 3.31. The van der Waals surface area contributed by atoms with Crippen LogP contribution in [-0.2, 0) is 6.61 Å². The van der Waals surface area contributed by atoms with Crippen molar-refractivity contribution in [3.05, 3.63) is 46.3 Å². The molecule has 2 aromatic rings. The van der Waals surface area contributed by atoms with E-state index in [0.717, 1.165) is 24.5 Å². The van der Waals surface area contributed by atoms with Crippen molar-refractivity contribution in [2.75, 3.05) is 11.9 Å². The number of hydrogen-bond donors (Lipinski definition) is 1. The highest BCUT2D eigenvalue weighted by atomic mass is 35.5. The normalized spacial score (nSPS) is 10.3. The van der Waals surface area contributed by atoms with Gasteiger partial charge in [-0.1, -0.05) is 30.1 Å². The van der Waals surface area contributed by atoms with Crippen LogP contribution in [0.25, 0.3) is 0 Å². The molecule has 2 rings (SSSR count). The molecule has 6 heteroatoms. The number of nitrogens with zero attached hydrogens (tertiary/aromatic N) is 2. The summed E-state index contributed by atoms with van der Waals surface area (Å²) in [5.74, 6) is 1.42. The number of rotatable bonds is 6. The van der Waals surface area contributed by atoms with Gasteiger partial charge in [0, 0.05) is 12.6 Å². The monoisotopic (exact) mass is 311 g/mol. The minimum absolute atomic E-state index is 0.332. The third-order valence-corrected chi connectivity index (χ3v) is 3.28. The smallest absolute Gasteiger partial charge is 0.144 e. The molecule has 4 nitrogen and oxygen atoms in total. The van der Waals surface area contributed by atoms with Gasteiger partial charge in [-0.05, 0) is 18.6 Å². The van der Waals surface area contributed by atoms with E-state index < -0.39 is 0 Å². The Kier molecular flexibility index (Phi) is 5.44. The molecule has 1 aromatic heterocycles. The van der Waals surface area contributed by atoms with Crippen LogP contribution in [-0.4, -0.2) is 16.5 Å². The van der Waals surface area contributed by atoms with Crippen molar-refractivity contribution in [3.8, 4) is 5.75 Å². The average molecular weight is 312 g/mol. The first-order valence-electron chi connectivity index (χ1n) is 6.31. The van der Waals surface area contributed by atoms with Gasteiger partial charge in [0.15, 0.2) is 0 Å². The van der Waals surface area contributed by atoms with E-state index in [2.05, 4.69) is 22.2 Å². The molecule has 0 radical (unpaired) electrons. The van der Waals surface area contributed by atoms with E-state index in [-0.39, 0.29) is 0 Å². The molecule has 20 heavy (non-hydrogen) atoms. The van der Waals surface area contributed by atoms with Crippen molar-refractivity contribution in [1.29, 1.82) is 0 Å². The Bertz CT molecular complexity index is 561. The molecule has 0 aliphatic heterocycles. The van der Waals surface area contributed by atoms with Gasteiger partial charge < -0.3 is 10.1 Å². The molecular weight excluding hydrogens is 297 g/mol. The SMILES string of the molecule is CCCNc1cnc(COc2ccc(Cl)c(Cl)c2)cn1. The van der Waals surface area contributed by atoms with Gasteiger partial charge in [-0.15, -0.1) is 0 Å². The van der Waals surface area contributed by atoms with Crippen molar-refractivity contribution in [1.82, 2.24) is 9.97 Å². The molecule has 0 atom stereocenters. The topological polar surface area (TPSA) is 47.0 Å². The fraction of sp³-hybridized carbons (Fsp3) is 0.286. The maximum Gasteiger partial charge on any atom is 0.144 e. The van der Waals surface area contributed by atoms with Crippen LogP contribution in [0.1, 0.15) is 19.0 Å². The number of ether oxygens (including phenoxy) is 1. The van der Waals surface area contributed by atoms with Gasteiger partial charge in [-0.25, -0.2) is 4.98 Å². The predicted molar refractivity (Wildman–Crippen MR) is 81.6 cm³/mol. The summed E-state index contributed by atoms with van der Waals surface area (Å²) in [7, 11) is 0. The van der Waals surface area contributed by atoms with E-state index in [9.17, 15) is 0 Å². The summed E-state index contributed by atoms with van der Waals surface area (Å²) in [5.41, 5.74) is 0.748. The van der Waals surface area contributed by atoms with Crippen LogP contribution in [0.5, 0.6) is 5.75 Å². The van der Waals surface area contributed by atoms with Crippen molar-refractivity contribution >= 4 is 29.0 Å². The summed E-state index contributed by atoms with van der Waals surface area (Å²) in [5, 5.41) is 4.13. The fourth-order valence-corrected chi connectivity index (χ4v) is 1.79. The second-order valence-electron chi connectivity index (χ2n) is 4.18. The van der Waals surface area contributed by atoms with Crippen molar-refractivity contribution in [3.63, 3.8) is 0 Å². The fourth-order valence-electron chi connectivity index (χ4n) is 1.50. The van der Waals surface area contributed by atoms with Gasteiger partial charge in [0.2, 0.25) is 0 Å². The molecule has 0 aliphatic rings. The van der Waals surface area contributed by atoms with Crippen LogP contribution in [0.3, 0.4) is 0 Å². The van der Waals surface area contributed by atoms with Crippen LogP contribution in [0.2, 0.25) is 10.0 Å². The van der Waals surface area contributed by atoms with Crippen LogP contribution in [0, 0.1) is 0 Å². The molecule has 1 aromatic carbocycles. The minimum Gasteiger partial charge on any atom is -0.487 e. The van der Waals surface area contributed by atoms with Gasteiger partial charge in [0.1, 0.15) is 18.2 Å². The molecule has 106 valence electrons. The van der Waals surface area contributed by atoms with E-state index >= 15 is 0 Å². The first-order chi connectivity index (χ1) is 9.69. The first kappa shape index (κ1) is 14.9. The summed E-state index contributed by atoms with van der Waals surface area (Å²) < 4.78 is 5.58. The van der Waals surface area contributed by atoms with Crippen LogP contribution < -0.4 is 10.1 Å². The lowest BCUT2D eigenvalue weighted by molar-refractivity contribution is 0.301. The Balaban J connectivity index is 1.91. The highest BCUT2D eigenvalue weighted by Gasteiger charge is 2.02. The third kappa shape index (κ3) is 4.25. The van der Waals surface area contributed by atoms with Gasteiger partial charge in [-0.2, -0.15) is 0 Å². The van der Waals surface area contributed by atoms with E-state index in [1.165, 1.54) is 0 Å². The molecule has 0 amide bonds. The zero-order valence-corrected chi connectivity index (χ0v) is 12.6. The zero-order valence-electron chi connectivity index (χ0n) is 11.1. The number of benzene rings is 1. The summed E-state index contributed by atoms with van der Waals surface area (Å²) >= 11 is 11.8. The standard InChI is InChI=1S/C14H15Cl2N3O/c1-2-5-17-14-8-18-10(7-19-14)9-20-11-3-4-12(15)13(16)6-11/h3-4,6-8H,2,5,9H2,1H3,(H,17,19). The van der Waals surface area contributed by atoms with Gasteiger partial charge in [0.25, 0.3) is 0 Å². The number of hydrogen-bond acceptors (Lipinski definition) is 4. The Morgan fingerprint density at radius 2 is 2.00 bits per heavy atom. The lowest BCUT2D eigenvalue weighted by Gasteiger charge is -2.07. The maximum atomic E-state index is 5.92. The van der Waals surface area contributed by atoms with Gasteiger partial charge in [0.05, 0.1) is 28.1 Å². The predicted octanol–water partition coefficient (Wildman–Crippen LogP) is 4.18. The van der Waals surface area contributed by atoms with Crippen LogP contribution in [0.4, 0.5) is 5.82 Å². The van der Waals surface area contributed by atoms with Crippen molar-refractivity contribution < 1.29 is 4.74 Å². The Morgan fingerprint density at radius 1 is 1.15 bits per heavy atom. The van der Waals surface area contributed by atoms with Crippen LogP contribution in [0.15, 0.2) is 30.6 Å². The molecular formula is C14H15Cl2N3O. The second-order valence-corrected chi connectivity index (χ2v) is 5.00. The highest BCUT2D eigenvalue weighted by molar-refractivity contribution is 6.42. The Labute approximate surface area is 128 Å². The average Bonchev–Trinajstić information content (AvgIpc) is 2.47. The zero-order chi connectivity index (χ0) is 14.4. The Hall–Kier alpha value is -1.52. The largest absolute Gasteiger partial charge is 0.487 e. The van der Waals surface area contributed by atoms with Crippen LogP contribution >= 0.6 is 23.2 Å². The molecule has 0 fully saturated rings. The maximum absolute atomic E-state index is 5.92. The molecule has 0 saturated carbocycles. The van der Waals surface area contributed by atoms with Gasteiger partial charge in [-0.3, -0.25) is 4.98 Å². The summed E-state index contributed by atoms with van der Waals surface area (Å²) in [6, 6.07) is 5.13. The molecule has 1 heterocycles. The molecule has 0 unspecified atom stereocenters. The minimum atomic E-state index is 0.332. The number of aromatic nitrogens is 2. The third-order valence-electron chi connectivity index (χ3n) is 2.54. The second kappa shape index (κ2) is 7.31. The summed E-state index contributed by atoms with van der Waals surface area (Å²) in [4.78, 5) is 8.54. The van der Waals surface area contributed by atoms with E-state index in [1.54, 1.807) is 30.6 Å². The van der Waals surface area contributed by atoms with Gasteiger partial charge >= 0.3 is 0 Å². The van der Waals surface area contributed by atoms with Crippen molar-refractivity contribution in [2.24, 2.45) is 0 Å². The van der Waals surface area contributed by atoms with Crippen molar-refractivity contribution in [2.45, 2.75) is 20.0 Å². The number of nitrogens with one attached hydrogen (secondary N) is 1. The number of anilines is 1. The molecule has 0 bridgehead atoms. The molecule has 0 spiro atoms. The quantitative estimate of drug-likeness (QED) is 0.869. The highest BCUT2D eigenvalue weighted by Crippen LogP contribution is 2.26. The van der Waals surface area contributed by atoms with E-state index in [1.807, 2.05) is 0 Å². The summed E-state index contributed by atoms with van der Waals surface area (Å²) in [6.07, 6.45) is 4.43. The molecule has 0 aliphatic carbocycles. The molecule has 1 N–H and O–H groups in total. The lowest BCUT2D eigenvalue weighted by atomic mass is 10.3.